The lowest BCUT2D eigenvalue weighted by molar-refractivity contribution is 0.136. The van der Waals surface area contributed by atoms with E-state index in [0.717, 1.165) is 22.0 Å². The lowest BCUT2D eigenvalue weighted by atomic mass is 9.95. The van der Waals surface area contributed by atoms with Gasteiger partial charge in [-0.05, 0) is 36.5 Å². The first-order chi connectivity index (χ1) is 7.41. The van der Waals surface area contributed by atoms with Crippen LogP contribution in [0.1, 0.15) is 37.5 Å². The van der Waals surface area contributed by atoms with E-state index < -0.39 is 6.10 Å². The Morgan fingerprint density at radius 2 is 2.00 bits per heavy atom. The molecule has 3 N–H and O–H groups in total. The van der Waals surface area contributed by atoms with Crippen LogP contribution < -0.4 is 5.73 Å². The first-order valence-electron chi connectivity index (χ1n) is 5.61. The normalized spacial score (nSPS) is 15.2. The number of hydrogen-bond acceptors (Lipinski definition) is 2. The third-order valence-electron chi connectivity index (χ3n) is 2.67. The molecule has 0 fully saturated rings. The minimum absolute atomic E-state index is 0.194. The van der Waals surface area contributed by atoms with E-state index in [1.807, 2.05) is 25.1 Å². The molecular weight excluding hydrogens is 266 g/mol. The first kappa shape index (κ1) is 13.7. The van der Waals surface area contributed by atoms with Crippen molar-refractivity contribution in [2.45, 2.75) is 39.3 Å². The molecule has 2 unspecified atom stereocenters. The Hall–Kier alpha value is -0.380. The molecule has 0 aromatic heterocycles. The van der Waals surface area contributed by atoms with Crippen LogP contribution in [0.2, 0.25) is 0 Å². The van der Waals surface area contributed by atoms with Gasteiger partial charge in [0, 0.05) is 10.5 Å². The molecular formula is C13H20BrNO. The molecule has 1 rings (SSSR count). The largest absolute Gasteiger partial charge is 0.387 e. The van der Waals surface area contributed by atoms with Crippen LogP contribution in [0.3, 0.4) is 0 Å². The fourth-order valence-corrected chi connectivity index (χ4v) is 2.02. The summed E-state index contributed by atoms with van der Waals surface area (Å²) >= 11 is 3.44. The van der Waals surface area contributed by atoms with Gasteiger partial charge in [-0.1, -0.05) is 41.9 Å². The standard InChI is InChI=1S/C13H20BrNO/c1-8(2)6-12(15)13(16)10-4-5-11(14)9(3)7-10/h4-5,7-8,12-13,16H,6,15H2,1-3H3. The molecule has 1 aromatic rings. The maximum Gasteiger partial charge on any atom is 0.0941 e. The van der Waals surface area contributed by atoms with Gasteiger partial charge >= 0.3 is 0 Å². The average Bonchev–Trinajstić information content (AvgIpc) is 2.20. The molecule has 1 aromatic carbocycles. The van der Waals surface area contributed by atoms with Gasteiger partial charge in [0.25, 0.3) is 0 Å². The summed E-state index contributed by atoms with van der Waals surface area (Å²) in [6, 6.07) is 5.66. The Kier molecular flexibility index (Phi) is 4.96. The Balaban J connectivity index is 2.79. The SMILES string of the molecule is Cc1cc(C(O)C(N)CC(C)C)ccc1Br. The van der Waals surface area contributed by atoms with Crippen molar-refractivity contribution < 1.29 is 5.11 Å². The highest BCUT2D eigenvalue weighted by atomic mass is 79.9. The minimum atomic E-state index is -0.575. The minimum Gasteiger partial charge on any atom is -0.387 e. The third-order valence-corrected chi connectivity index (χ3v) is 3.56. The number of aryl methyl sites for hydroxylation is 1. The molecule has 0 saturated heterocycles. The third kappa shape index (κ3) is 3.58. The molecule has 0 radical (unpaired) electrons. The van der Waals surface area contributed by atoms with E-state index in [2.05, 4.69) is 29.8 Å². The summed E-state index contributed by atoms with van der Waals surface area (Å²) in [5.41, 5.74) is 7.99. The molecule has 0 aliphatic rings. The molecule has 0 amide bonds. The van der Waals surface area contributed by atoms with Gasteiger partial charge in [-0.2, -0.15) is 0 Å². The highest BCUT2D eigenvalue weighted by molar-refractivity contribution is 9.10. The fraction of sp³-hybridized carbons (Fsp3) is 0.538. The monoisotopic (exact) mass is 285 g/mol. The molecule has 90 valence electrons. The van der Waals surface area contributed by atoms with Gasteiger partial charge in [0.05, 0.1) is 6.10 Å². The van der Waals surface area contributed by atoms with E-state index in [9.17, 15) is 5.11 Å². The quantitative estimate of drug-likeness (QED) is 0.893. The molecule has 0 heterocycles. The number of nitrogens with two attached hydrogens (primary N) is 1. The highest BCUT2D eigenvalue weighted by Gasteiger charge is 2.18. The van der Waals surface area contributed by atoms with Crippen LogP contribution in [0, 0.1) is 12.8 Å². The lowest BCUT2D eigenvalue weighted by Gasteiger charge is -2.21. The van der Waals surface area contributed by atoms with Crippen LogP contribution in [0.5, 0.6) is 0 Å². The van der Waals surface area contributed by atoms with Crippen molar-refractivity contribution in [3.05, 3.63) is 33.8 Å². The van der Waals surface area contributed by atoms with Crippen molar-refractivity contribution >= 4 is 15.9 Å². The first-order valence-corrected chi connectivity index (χ1v) is 6.40. The van der Waals surface area contributed by atoms with Crippen LogP contribution in [0.15, 0.2) is 22.7 Å². The zero-order valence-corrected chi connectivity index (χ0v) is 11.7. The summed E-state index contributed by atoms with van der Waals surface area (Å²) in [6.07, 6.45) is 0.255. The number of aliphatic hydroxyl groups excluding tert-OH is 1. The molecule has 2 nitrogen and oxygen atoms in total. The van der Waals surface area contributed by atoms with Crippen LogP contribution >= 0.6 is 15.9 Å². The zero-order chi connectivity index (χ0) is 12.3. The second kappa shape index (κ2) is 5.80. The Morgan fingerprint density at radius 1 is 1.38 bits per heavy atom. The van der Waals surface area contributed by atoms with Gasteiger partial charge in [0.15, 0.2) is 0 Å². The van der Waals surface area contributed by atoms with E-state index in [1.54, 1.807) is 0 Å². The number of aliphatic hydroxyl groups is 1. The number of benzene rings is 1. The number of hydrogen-bond donors (Lipinski definition) is 2. The van der Waals surface area contributed by atoms with Crippen molar-refractivity contribution in [3.8, 4) is 0 Å². The molecule has 0 aliphatic carbocycles. The van der Waals surface area contributed by atoms with Crippen molar-refractivity contribution in [2.24, 2.45) is 11.7 Å². The van der Waals surface area contributed by atoms with Crippen molar-refractivity contribution in [1.29, 1.82) is 0 Å². The second-order valence-electron chi connectivity index (χ2n) is 4.75. The van der Waals surface area contributed by atoms with E-state index >= 15 is 0 Å². The van der Waals surface area contributed by atoms with Crippen LogP contribution in [0.4, 0.5) is 0 Å². The maximum atomic E-state index is 10.1. The van der Waals surface area contributed by atoms with E-state index in [4.69, 9.17) is 5.73 Å². The van der Waals surface area contributed by atoms with Gasteiger partial charge in [-0.3, -0.25) is 0 Å². The predicted octanol–water partition coefficient (Wildman–Crippen LogP) is 3.16. The fourth-order valence-electron chi connectivity index (χ4n) is 1.77. The molecule has 0 saturated carbocycles. The highest BCUT2D eigenvalue weighted by Crippen LogP contribution is 2.24. The van der Waals surface area contributed by atoms with Gasteiger partial charge in [0.2, 0.25) is 0 Å². The lowest BCUT2D eigenvalue weighted by Crippen LogP contribution is -2.29. The molecule has 16 heavy (non-hydrogen) atoms. The van der Waals surface area contributed by atoms with E-state index in [0.29, 0.717) is 5.92 Å². The van der Waals surface area contributed by atoms with Crippen molar-refractivity contribution in [1.82, 2.24) is 0 Å². The van der Waals surface area contributed by atoms with Gasteiger partial charge in [0.1, 0.15) is 0 Å². The van der Waals surface area contributed by atoms with E-state index in [1.165, 1.54) is 0 Å². The average molecular weight is 286 g/mol. The maximum absolute atomic E-state index is 10.1. The summed E-state index contributed by atoms with van der Waals surface area (Å²) in [5.74, 6) is 0.501. The van der Waals surface area contributed by atoms with Crippen LogP contribution in [-0.2, 0) is 0 Å². The summed E-state index contributed by atoms with van der Waals surface area (Å²) in [6.45, 7) is 6.23. The van der Waals surface area contributed by atoms with Crippen LogP contribution in [0.25, 0.3) is 0 Å². The Bertz CT molecular complexity index is 352. The Labute approximate surface area is 106 Å². The summed E-state index contributed by atoms with van der Waals surface area (Å²) in [7, 11) is 0. The zero-order valence-electron chi connectivity index (χ0n) is 10.1. The van der Waals surface area contributed by atoms with Gasteiger partial charge in [-0.15, -0.1) is 0 Å². The van der Waals surface area contributed by atoms with Crippen molar-refractivity contribution in [3.63, 3.8) is 0 Å². The molecule has 0 bridgehead atoms. The molecule has 3 heteroatoms. The summed E-state index contributed by atoms with van der Waals surface area (Å²) < 4.78 is 1.06. The summed E-state index contributed by atoms with van der Waals surface area (Å²) in [4.78, 5) is 0. The van der Waals surface area contributed by atoms with Crippen molar-refractivity contribution in [2.75, 3.05) is 0 Å². The Morgan fingerprint density at radius 3 is 2.50 bits per heavy atom. The summed E-state index contributed by atoms with van der Waals surface area (Å²) in [5, 5.41) is 10.1. The predicted molar refractivity (Wildman–Crippen MR) is 71.3 cm³/mol. The number of halogens is 1. The van der Waals surface area contributed by atoms with Gasteiger partial charge < -0.3 is 10.8 Å². The van der Waals surface area contributed by atoms with E-state index in [-0.39, 0.29) is 6.04 Å². The topological polar surface area (TPSA) is 46.2 Å². The molecule has 2 atom stereocenters. The van der Waals surface area contributed by atoms with Crippen LogP contribution in [-0.4, -0.2) is 11.1 Å². The molecule has 0 spiro atoms. The second-order valence-corrected chi connectivity index (χ2v) is 5.60. The van der Waals surface area contributed by atoms with Gasteiger partial charge in [-0.25, -0.2) is 0 Å². The number of rotatable bonds is 4. The molecule has 0 aliphatic heterocycles. The smallest absolute Gasteiger partial charge is 0.0941 e.